The highest BCUT2D eigenvalue weighted by Crippen LogP contribution is 2.24. The number of rotatable bonds is 13. The molecule has 4 nitrogen and oxygen atoms in total. The predicted octanol–water partition coefficient (Wildman–Crippen LogP) is 5.96. The standard InChI is InChI=1S/C23H34N2O2/c1-4-5-6-9-17-26-21-12-10-11-20(18-21)24-15-16-25-22-13-7-8-14-23(22)27-19(2)3/h7-8,10-14,18-19,24-25H,4-6,9,15-17H2,1-3H3. The Morgan fingerprint density at radius 2 is 1.70 bits per heavy atom. The van der Waals surface area contributed by atoms with Crippen LogP contribution in [0.25, 0.3) is 0 Å². The van der Waals surface area contributed by atoms with Crippen LogP contribution in [0.15, 0.2) is 48.5 Å². The topological polar surface area (TPSA) is 42.5 Å². The summed E-state index contributed by atoms with van der Waals surface area (Å²) >= 11 is 0. The van der Waals surface area contributed by atoms with E-state index in [4.69, 9.17) is 9.47 Å². The van der Waals surface area contributed by atoms with Crippen LogP contribution in [0.3, 0.4) is 0 Å². The molecule has 0 saturated carbocycles. The fraction of sp³-hybridized carbons (Fsp3) is 0.478. The van der Waals surface area contributed by atoms with Gasteiger partial charge >= 0.3 is 0 Å². The Morgan fingerprint density at radius 3 is 2.52 bits per heavy atom. The van der Waals surface area contributed by atoms with Gasteiger partial charge in [0.15, 0.2) is 0 Å². The van der Waals surface area contributed by atoms with Crippen molar-refractivity contribution in [1.82, 2.24) is 0 Å². The number of hydrogen-bond acceptors (Lipinski definition) is 4. The number of para-hydroxylation sites is 2. The highest BCUT2D eigenvalue weighted by molar-refractivity contribution is 5.56. The molecule has 0 amide bonds. The summed E-state index contributed by atoms with van der Waals surface area (Å²) in [6, 6.07) is 16.2. The summed E-state index contributed by atoms with van der Waals surface area (Å²) in [4.78, 5) is 0. The van der Waals surface area contributed by atoms with Gasteiger partial charge in [0.2, 0.25) is 0 Å². The summed E-state index contributed by atoms with van der Waals surface area (Å²) in [6.07, 6.45) is 5.05. The zero-order chi connectivity index (χ0) is 19.3. The van der Waals surface area contributed by atoms with E-state index in [1.165, 1.54) is 19.3 Å². The van der Waals surface area contributed by atoms with E-state index in [1.54, 1.807) is 0 Å². The maximum Gasteiger partial charge on any atom is 0.142 e. The first kappa shape index (κ1) is 20.9. The molecule has 0 unspecified atom stereocenters. The summed E-state index contributed by atoms with van der Waals surface area (Å²) in [6.45, 7) is 8.71. The summed E-state index contributed by atoms with van der Waals surface area (Å²) in [7, 11) is 0. The average molecular weight is 371 g/mol. The molecular formula is C23H34N2O2. The second kappa shape index (κ2) is 12.1. The zero-order valence-corrected chi connectivity index (χ0v) is 17.0. The quantitative estimate of drug-likeness (QED) is 0.427. The van der Waals surface area contributed by atoms with Crippen LogP contribution in [0.2, 0.25) is 0 Å². The molecule has 0 spiro atoms. The molecule has 2 aromatic rings. The molecular weight excluding hydrogens is 336 g/mol. The van der Waals surface area contributed by atoms with Crippen molar-refractivity contribution >= 4 is 11.4 Å². The summed E-state index contributed by atoms with van der Waals surface area (Å²) in [5.41, 5.74) is 2.10. The van der Waals surface area contributed by atoms with E-state index in [2.05, 4.69) is 29.7 Å². The second-order valence-corrected chi connectivity index (χ2v) is 6.95. The molecule has 2 N–H and O–H groups in total. The molecule has 0 aromatic heterocycles. The molecule has 27 heavy (non-hydrogen) atoms. The molecule has 0 radical (unpaired) electrons. The van der Waals surface area contributed by atoms with Crippen LogP contribution in [0.5, 0.6) is 11.5 Å². The molecule has 4 heteroatoms. The van der Waals surface area contributed by atoms with Crippen molar-refractivity contribution in [2.24, 2.45) is 0 Å². The smallest absolute Gasteiger partial charge is 0.142 e. The van der Waals surface area contributed by atoms with Gasteiger partial charge in [0.1, 0.15) is 11.5 Å². The Hall–Kier alpha value is -2.36. The van der Waals surface area contributed by atoms with Crippen molar-refractivity contribution in [3.63, 3.8) is 0 Å². The molecule has 0 aliphatic rings. The van der Waals surface area contributed by atoms with Crippen molar-refractivity contribution in [2.75, 3.05) is 30.3 Å². The van der Waals surface area contributed by atoms with Gasteiger partial charge in [0.25, 0.3) is 0 Å². The van der Waals surface area contributed by atoms with Crippen molar-refractivity contribution in [1.29, 1.82) is 0 Å². The third-order valence-corrected chi connectivity index (χ3v) is 4.12. The minimum Gasteiger partial charge on any atom is -0.494 e. The van der Waals surface area contributed by atoms with E-state index < -0.39 is 0 Å². The van der Waals surface area contributed by atoms with Gasteiger partial charge in [-0.15, -0.1) is 0 Å². The molecule has 0 saturated heterocycles. The largest absolute Gasteiger partial charge is 0.494 e. The fourth-order valence-corrected chi connectivity index (χ4v) is 2.79. The van der Waals surface area contributed by atoms with Crippen LogP contribution in [0.1, 0.15) is 46.5 Å². The Balaban J connectivity index is 1.73. The van der Waals surface area contributed by atoms with E-state index in [-0.39, 0.29) is 6.10 Å². The summed E-state index contributed by atoms with van der Waals surface area (Å²) < 4.78 is 11.7. The maximum absolute atomic E-state index is 5.85. The highest BCUT2D eigenvalue weighted by atomic mass is 16.5. The molecule has 0 aliphatic carbocycles. The van der Waals surface area contributed by atoms with Crippen LogP contribution in [-0.2, 0) is 0 Å². The van der Waals surface area contributed by atoms with Gasteiger partial charge in [-0.2, -0.15) is 0 Å². The lowest BCUT2D eigenvalue weighted by Crippen LogP contribution is -2.15. The fourth-order valence-electron chi connectivity index (χ4n) is 2.79. The molecule has 148 valence electrons. The molecule has 0 aliphatic heterocycles. The average Bonchev–Trinajstić information content (AvgIpc) is 2.66. The number of anilines is 2. The van der Waals surface area contributed by atoms with E-state index in [0.29, 0.717) is 0 Å². The van der Waals surface area contributed by atoms with Crippen LogP contribution >= 0.6 is 0 Å². The lowest BCUT2D eigenvalue weighted by atomic mass is 10.2. The molecule has 0 heterocycles. The lowest BCUT2D eigenvalue weighted by molar-refractivity contribution is 0.243. The van der Waals surface area contributed by atoms with Gasteiger partial charge in [-0.05, 0) is 44.5 Å². The van der Waals surface area contributed by atoms with Crippen LogP contribution in [0.4, 0.5) is 11.4 Å². The molecule has 0 bridgehead atoms. The number of ether oxygens (including phenoxy) is 2. The zero-order valence-electron chi connectivity index (χ0n) is 17.0. The third-order valence-electron chi connectivity index (χ3n) is 4.12. The molecule has 0 fully saturated rings. The number of hydrogen-bond donors (Lipinski definition) is 2. The summed E-state index contributed by atoms with van der Waals surface area (Å²) in [5, 5.41) is 6.88. The van der Waals surface area contributed by atoms with Gasteiger partial charge in [-0.25, -0.2) is 0 Å². The number of unbranched alkanes of at least 4 members (excludes halogenated alkanes) is 3. The van der Waals surface area contributed by atoms with Gasteiger partial charge in [0.05, 0.1) is 18.4 Å². The Kier molecular flexibility index (Phi) is 9.39. The first-order chi connectivity index (χ1) is 13.2. The van der Waals surface area contributed by atoms with Crippen LogP contribution in [-0.4, -0.2) is 25.8 Å². The normalized spacial score (nSPS) is 10.7. The van der Waals surface area contributed by atoms with Crippen LogP contribution < -0.4 is 20.1 Å². The highest BCUT2D eigenvalue weighted by Gasteiger charge is 2.04. The van der Waals surface area contributed by atoms with Crippen molar-refractivity contribution in [2.45, 2.75) is 52.6 Å². The van der Waals surface area contributed by atoms with Crippen molar-refractivity contribution < 1.29 is 9.47 Å². The lowest BCUT2D eigenvalue weighted by Gasteiger charge is -2.16. The third kappa shape index (κ3) is 8.25. The Labute approximate surface area is 164 Å². The van der Waals surface area contributed by atoms with Gasteiger partial charge in [0, 0.05) is 24.8 Å². The first-order valence-corrected chi connectivity index (χ1v) is 10.2. The van der Waals surface area contributed by atoms with Crippen molar-refractivity contribution in [3.05, 3.63) is 48.5 Å². The van der Waals surface area contributed by atoms with E-state index in [9.17, 15) is 0 Å². The summed E-state index contributed by atoms with van der Waals surface area (Å²) in [5.74, 6) is 1.83. The van der Waals surface area contributed by atoms with Crippen LogP contribution in [0, 0.1) is 0 Å². The van der Waals surface area contributed by atoms with Gasteiger partial charge in [-0.1, -0.05) is 44.4 Å². The Bertz CT molecular complexity index is 658. The second-order valence-electron chi connectivity index (χ2n) is 6.95. The van der Waals surface area contributed by atoms with Gasteiger partial charge < -0.3 is 20.1 Å². The minimum atomic E-state index is 0.163. The predicted molar refractivity (Wildman–Crippen MR) is 115 cm³/mol. The monoisotopic (exact) mass is 370 g/mol. The van der Waals surface area contributed by atoms with Gasteiger partial charge in [-0.3, -0.25) is 0 Å². The first-order valence-electron chi connectivity index (χ1n) is 10.2. The van der Waals surface area contributed by atoms with E-state index in [0.717, 1.165) is 49.0 Å². The molecule has 0 atom stereocenters. The van der Waals surface area contributed by atoms with E-state index >= 15 is 0 Å². The number of benzene rings is 2. The SMILES string of the molecule is CCCCCCOc1cccc(NCCNc2ccccc2OC(C)C)c1. The maximum atomic E-state index is 5.85. The van der Waals surface area contributed by atoms with E-state index in [1.807, 2.05) is 50.2 Å². The number of nitrogens with one attached hydrogen (secondary N) is 2. The Morgan fingerprint density at radius 1 is 0.889 bits per heavy atom. The molecule has 2 rings (SSSR count). The minimum absolute atomic E-state index is 0.163. The molecule has 2 aromatic carbocycles. The van der Waals surface area contributed by atoms with Crippen molar-refractivity contribution in [3.8, 4) is 11.5 Å².